The Labute approximate surface area is 100 Å². The van der Waals surface area contributed by atoms with Crippen LogP contribution in [0.4, 0.5) is 0 Å². The van der Waals surface area contributed by atoms with E-state index in [2.05, 4.69) is 15.0 Å². The van der Waals surface area contributed by atoms with Gasteiger partial charge in [-0.2, -0.15) is 0 Å². The fourth-order valence-corrected chi connectivity index (χ4v) is 1.77. The predicted octanol–water partition coefficient (Wildman–Crippen LogP) is 1.74. The van der Waals surface area contributed by atoms with Crippen LogP contribution in [0.3, 0.4) is 0 Å². The molecule has 0 aliphatic heterocycles. The van der Waals surface area contributed by atoms with Crippen molar-refractivity contribution in [3.63, 3.8) is 0 Å². The number of aliphatic hydroxyl groups is 1. The minimum atomic E-state index is -1.22. The molecule has 1 N–H and O–H groups in total. The van der Waals surface area contributed by atoms with Crippen LogP contribution >= 0.6 is 0 Å². The summed E-state index contributed by atoms with van der Waals surface area (Å²) in [5, 5.41) is 10.6. The van der Waals surface area contributed by atoms with Crippen molar-refractivity contribution in [3.8, 4) is 0 Å². The van der Waals surface area contributed by atoms with Gasteiger partial charge in [0.1, 0.15) is 5.60 Å². The van der Waals surface area contributed by atoms with E-state index in [9.17, 15) is 5.11 Å². The number of nitrogens with zero attached hydrogens (tertiary/aromatic N) is 3. The molecular formula is C13H15N3O. The third kappa shape index (κ3) is 2.17. The SMILES string of the molecule is Cc1cnc(C)c(C(C)(O)c2ccccn2)n1. The zero-order chi connectivity index (χ0) is 12.5. The van der Waals surface area contributed by atoms with Crippen LogP contribution in [0.15, 0.2) is 30.6 Å². The molecule has 0 fully saturated rings. The number of hydrogen-bond acceptors (Lipinski definition) is 4. The van der Waals surface area contributed by atoms with Crippen molar-refractivity contribution in [2.75, 3.05) is 0 Å². The minimum absolute atomic E-state index is 0.552. The molecule has 0 amide bonds. The summed E-state index contributed by atoms with van der Waals surface area (Å²) < 4.78 is 0. The largest absolute Gasteiger partial charge is 0.377 e. The molecule has 0 aliphatic rings. The van der Waals surface area contributed by atoms with Crippen molar-refractivity contribution in [2.24, 2.45) is 0 Å². The summed E-state index contributed by atoms with van der Waals surface area (Å²) in [6, 6.07) is 5.44. The van der Waals surface area contributed by atoms with Crippen molar-refractivity contribution in [2.45, 2.75) is 26.4 Å². The van der Waals surface area contributed by atoms with E-state index in [4.69, 9.17) is 0 Å². The van der Waals surface area contributed by atoms with Gasteiger partial charge < -0.3 is 5.11 Å². The minimum Gasteiger partial charge on any atom is -0.377 e. The molecule has 4 heteroatoms. The number of aromatic nitrogens is 3. The van der Waals surface area contributed by atoms with Crippen LogP contribution < -0.4 is 0 Å². The van der Waals surface area contributed by atoms with Gasteiger partial charge >= 0.3 is 0 Å². The average molecular weight is 229 g/mol. The van der Waals surface area contributed by atoms with E-state index in [1.165, 1.54) is 0 Å². The summed E-state index contributed by atoms with van der Waals surface area (Å²) in [4.78, 5) is 12.8. The normalized spacial score (nSPS) is 14.4. The third-order valence-corrected chi connectivity index (χ3v) is 2.70. The van der Waals surface area contributed by atoms with Gasteiger partial charge in [0, 0.05) is 12.4 Å². The highest BCUT2D eigenvalue weighted by molar-refractivity contribution is 5.29. The predicted molar refractivity (Wildman–Crippen MR) is 64.4 cm³/mol. The Morgan fingerprint density at radius 3 is 2.59 bits per heavy atom. The molecule has 0 saturated carbocycles. The second kappa shape index (κ2) is 4.22. The lowest BCUT2D eigenvalue weighted by atomic mass is 9.95. The van der Waals surface area contributed by atoms with Gasteiger partial charge in [0.05, 0.1) is 22.8 Å². The highest BCUT2D eigenvalue weighted by Gasteiger charge is 2.30. The average Bonchev–Trinajstić information content (AvgIpc) is 2.33. The lowest BCUT2D eigenvalue weighted by Gasteiger charge is -2.23. The van der Waals surface area contributed by atoms with Gasteiger partial charge in [0.15, 0.2) is 0 Å². The Kier molecular flexibility index (Phi) is 2.90. The topological polar surface area (TPSA) is 58.9 Å². The molecule has 0 radical (unpaired) electrons. The number of aryl methyl sites for hydroxylation is 2. The molecule has 2 heterocycles. The van der Waals surface area contributed by atoms with Crippen molar-refractivity contribution in [1.82, 2.24) is 15.0 Å². The Hall–Kier alpha value is -1.81. The van der Waals surface area contributed by atoms with E-state index in [0.29, 0.717) is 17.1 Å². The highest BCUT2D eigenvalue weighted by atomic mass is 16.3. The standard InChI is InChI=1S/C13H15N3O/c1-9-8-15-10(2)12(16-9)13(3,17)11-6-4-5-7-14-11/h4-8,17H,1-3H3. The van der Waals surface area contributed by atoms with Crippen LogP contribution in [-0.4, -0.2) is 20.1 Å². The molecule has 88 valence electrons. The van der Waals surface area contributed by atoms with Crippen LogP contribution in [-0.2, 0) is 5.60 Å². The fraction of sp³-hybridized carbons (Fsp3) is 0.308. The number of rotatable bonds is 2. The third-order valence-electron chi connectivity index (χ3n) is 2.70. The molecule has 0 aliphatic carbocycles. The first kappa shape index (κ1) is 11.7. The number of hydrogen-bond donors (Lipinski definition) is 1. The molecule has 0 saturated heterocycles. The lowest BCUT2D eigenvalue weighted by Crippen LogP contribution is -2.27. The summed E-state index contributed by atoms with van der Waals surface area (Å²) in [5.74, 6) is 0. The van der Waals surface area contributed by atoms with E-state index in [1.807, 2.05) is 26.0 Å². The molecule has 2 rings (SSSR count). The smallest absolute Gasteiger partial charge is 0.147 e. The summed E-state index contributed by atoms with van der Waals surface area (Å²) in [6.07, 6.45) is 3.34. The first-order valence-corrected chi connectivity index (χ1v) is 5.46. The molecule has 2 aromatic heterocycles. The van der Waals surface area contributed by atoms with Crippen LogP contribution in [0.2, 0.25) is 0 Å². The Morgan fingerprint density at radius 1 is 1.18 bits per heavy atom. The molecule has 2 aromatic rings. The fourth-order valence-electron chi connectivity index (χ4n) is 1.77. The van der Waals surface area contributed by atoms with Crippen LogP contribution in [0.1, 0.15) is 29.7 Å². The summed E-state index contributed by atoms with van der Waals surface area (Å²) in [7, 11) is 0. The zero-order valence-corrected chi connectivity index (χ0v) is 10.2. The van der Waals surface area contributed by atoms with Crippen molar-refractivity contribution < 1.29 is 5.11 Å². The molecule has 1 unspecified atom stereocenters. The lowest BCUT2D eigenvalue weighted by molar-refractivity contribution is 0.0911. The van der Waals surface area contributed by atoms with Gasteiger partial charge in [-0.15, -0.1) is 0 Å². The van der Waals surface area contributed by atoms with Gasteiger partial charge in [-0.1, -0.05) is 6.07 Å². The maximum atomic E-state index is 10.6. The van der Waals surface area contributed by atoms with Gasteiger partial charge in [-0.05, 0) is 32.9 Å². The zero-order valence-electron chi connectivity index (χ0n) is 10.2. The van der Waals surface area contributed by atoms with Gasteiger partial charge in [0.25, 0.3) is 0 Å². The van der Waals surface area contributed by atoms with Gasteiger partial charge in [-0.25, -0.2) is 0 Å². The monoisotopic (exact) mass is 229 g/mol. The molecule has 0 spiro atoms. The first-order chi connectivity index (χ1) is 8.01. The van der Waals surface area contributed by atoms with Gasteiger partial charge in [-0.3, -0.25) is 15.0 Å². The molecule has 17 heavy (non-hydrogen) atoms. The van der Waals surface area contributed by atoms with E-state index in [1.54, 1.807) is 25.4 Å². The Bertz CT molecular complexity index is 523. The number of pyridine rings is 1. The quantitative estimate of drug-likeness (QED) is 0.852. The molecule has 0 aromatic carbocycles. The first-order valence-electron chi connectivity index (χ1n) is 5.46. The molecule has 0 bridgehead atoms. The van der Waals surface area contributed by atoms with Crippen molar-refractivity contribution >= 4 is 0 Å². The van der Waals surface area contributed by atoms with E-state index < -0.39 is 5.60 Å². The summed E-state index contributed by atoms with van der Waals surface area (Å²) in [6.45, 7) is 5.37. The van der Waals surface area contributed by atoms with E-state index >= 15 is 0 Å². The molecule has 1 atom stereocenters. The maximum Gasteiger partial charge on any atom is 0.147 e. The van der Waals surface area contributed by atoms with Crippen molar-refractivity contribution in [3.05, 3.63) is 53.4 Å². The Balaban J connectivity index is 2.55. The maximum absolute atomic E-state index is 10.6. The van der Waals surface area contributed by atoms with Crippen LogP contribution in [0, 0.1) is 13.8 Å². The van der Waals surface area contributed by atoms with E-state index in [-0.39, 0.29) is 0 Å². The Morgan fingerprint density at radius 2 is 1.94 bits per heavy atom. The van der Waals surface area contributed by atoms with E-state index in [0.717, 1.165) is 5.69 Å². The van der Waals surface area contributed by atoms with Gasteiger partial charge in [0.2, 0.25) is 0 Å². The van der Waals surface area contributed by atoms with Crippen LogP contribution in [0.5, 0.6) is 0 Å². The van der Waals surface area contributed by atoms with Crippen molar-refractivity contribution in [1.29, 1.82) is 0 Å². The molecule has 4 nitrogen and oxygen atoms in total. The summed E-state index contributed by atoms with van der Waals surface area (Å²) in [5.41, 5.74) is 1.40. The van der Waals surface area contributed by atoms with Crippen LogP contribution in [0.25, 0.3) is 0 Å². The second-order valence-electron chi connectivity index (χ2n) is 4.23. The molecular weight excluding hydrogens is 214 g/mol. The highest BCUT2D eigenvalue weighted by Crippen LogP contribution is 2.27. The summed E-state index contributed by atoms with van der Waals surface area (Å²) >= 11 is 0. The second-order valence-corrected chi connectivity index (χ2v) is 4.23.